The van der Waals surface area contributed by atoms with Crippen LogP contribution in [-0.2, 0) is 5.41 Å². The highest BCUT2D eigenvalue weighted by molar-refractivity contribution is 5.49. The van der Waals surface area contributed by atoms with Gasteiger partial charge in [-0.15, -0.1) is 0 Å². The van der Waals surface area contributed by atoms with Gasteiger partial charge in [0.05, 0.1) is 12.2 Å². The zero-order valence-corrected chi connectivity index (χ0v) is 9.46. The Morgan fingerprint density at radius 2 is 2.21 bits per heavy atom. The van der Waals surface area contributed by atoms with Crippen LogP contribution in [0, 0.1) is 0 Å². The number of fused-ring (bicyclic) bond motifs is 1. The Kier molecular flexibility index (Phi) is 2.05. The van der Waals surface area contributed by atoms with Crippen molar-refractivity contribution >= 4 is 5.82 Å². The summed E-state index contributed by atoms with van der Waals surface area (Å²) >= 11 is 0. The topological polar surface area (TPSA) is 29.9 Å². The van der Waals surface area contributed by atoms with E-state index in [9.17, 15) is 0 Å². The molecular weight excluding hydrogens is 174 g/mol. The Balaban J connectivity index is 2.46. The number of nitrogens with zero attached hydrogens (tertiary/aromatic N) is 2. The normalized spacial score (nSPS) is 21.6. The molecule has 1 unspecified atom stereocenters. The summed E-state index contributed by atoms with van der Waals surface area (Å²) in [4.78, 5) is 0. The molecule has 0 radical (unpaired) electrons. The van der Waals surface area contributed by atoms with E-state index in [0.29, 0.717) is 6.04 Å². The summed E-state index contributed by atoms with van der Waals surface area (Å²) in [5.74, 6) is 1.22. The van der Waals surface area contributed by atoms with Crippen LogP contribution in [0.2, 0.25) is 0 Å². The molecule has 0 spiro atoms. The molecule has 0 saturated carbocycles. The quantitative estimate of drug-likeness (QED) is 0.686. The van der Waals surface area contributed by atoms with Crippen molar-refractivity contribution in [1.29, 1.82) is 0 Å². The molecule has 1 aliphatic heterocycles. The standard InChI is InChI=1S/C11H19N3/c1-8-5-6-12-10-9(11(2,3)4)7-13-14(8)10/h7-8,12H,5-6H2,1-4H3. The van der Waals surface area contributed by atoms with Gasteiger partial charge in [-0.25, -0.2) is 4.68 Å². The van der Waals surface area contributed by atoms with Gasteiger partial charge in [0.2, 0.25) is 0 Å². The fraction of sp³-hybridized carbons (Fsp3) is 0.727. The van der Waals surface area contributed by atoms with Crippen molar-refractivity contribution in [1.82, 2.24) is 9.78 Å². The molecule has 3 heteroatoms. The first kappa shape index (κ1) is 9.56. The molecule has 1 aromatic rings. The van der Waals surface area contributed by atoms with Gasteiger partial charge < -0.3 is 5.32 Å². The molecule has 0 amide bonds. The molecule has 2 heterocycles. The smallest absolute Gasteiger partial charge is 0.128 e. The predicted octanol–water partition coefficient (Wildman–Crippen LogP) is 2.56. The fourth-order valence-corrected chi connectivity index (χ4v) is 1.94. The third-order valence-corrected chi connectivity index (χ3v) is 2.88. The van der Waals surface area contributed by atoms with Crippen molar-refractivity contribution in [2.24, 2.45) is 0 Å². The first-order chi connectivity index (χ1) is 6.50. The van der Waals surface area contributed by atoms with Crippen LogP contribution in [-0.4, -0.2) is 16.3 Å². The minimum absolute atomic E-state index is 0.178. The van der Waals surface area contributed by atoms with E-state index in [1.807, 2.05) is 6.20 Å². The Morgan fingerprint density at radius 1 is 1.50 bits per heavy atom. The zero-order chi connectivity index (χ0) is 10.3. The third kappa shape index (κ3) is 1.41. The molecule has 0 bridgehead atoms. The molecule has 1 N–H and O–H groups in total. The van der Waals surface area contributed by atoms with Crippen LogP contribution in [0.1, 0.15) is 45.7 Å². The summed E-state index contributed by atoms with van der Waals surface area (Å²) in [6.45, 7) is 9.98. The second kappa shape index (κ2) is 3.01. The van der Waals surface area contributed by atoms with E-state index in [-0.39, 0.29) is 5.41 Å². The molecule has 2 rings (SSSR count). The molecule has 0 fully saturated rings. The van der Waals surface area contributed by atoms with Crippen molar-refractivity contribution in [3.8, 4) is 0 Å². The van der Waals surface area contributed by atoms with Crippen molar-refractivity contribution in [3.05, 3.63) is 11.8 Å². The number of aromatic nitrogens is 2. The number of hydrogen-bond donors (Lipinski definition) is 1. The lowest BCUT2D eigenvalue weighted by atomic mass is 9.88. The van der Waals surface area contributed by atoms with Crippen molar-refractivity contribution < 1.29 is 0 Å². The van der Waals surface area contributed by atoms with Gasteiger partial charge in [-0.3, -0.25) is 0 Å². The summed E-state index contributed by atoms with van der Waals surface area (Å²) in [5, 5.41) is 7.91. The van der Waals surface area contributed by atoms with Crippen LogP contribution in [0.5, 0.6) is 0 Å². The maximum atomic E-state index is 4.46. The molecule has 0 aliphatic carbocycles. The molecule has 1 atom stereocenters. The fourth-order valence-electron chi connectivity index (χ4n) is 1.94. The van der Waals surface area contributed by atoms with Crippen molar-refractivity contribution in [3.63, 3.8) is 0 Å². The van der Waals surface area contributed by atoms with Crippen LogP contribution in [0.4, 0.5) is 5.82 Å². The highest BCUT2D eigenvalue weighted by atomic mass is 15.4. The van der Waals surface area contributed by atoms with Gasteiger partial charge in [-0.1, -0.05) is 20.8 Å². The second-order valence-electron chi connectivity index (χ2n) is 5.17. The van der Waals surface area contributed by atoms with Gasteiger partial charge in [0.1, 0.15) is 5.82 Å². The molecule has 0 aromatic carbocycles. The molecule has 0 saturated heterocycles. The van der Waals surface area contributed by atoms with E-state index in [0.717, 1.165) is 13.0 Å². The Bertz CT molecular complexity index is 333. The van der Waals surface area contributed by atoms with E-state index in [1.54, 1.807) is 0 Å². The lowest BCUT2D eigenvalue weighted by Gasteiger charge is -2.26. The van der Waals surface area contributed by atoms with E-state index < -0.39 is 0 Å². The monoisotopic (exact) mass is 193 g/mol. The van der Waals surface area contributed by atoms with Crippen LogP contribution < -0.4 is 5.32 Å². The molecular formula is C11H19N3. The predicted molar refractivity (Wildman–Crippen MR) is 58.7 cm³/mol. The SMILES string of the molecule is CC1CCNc2c(C(C)(C)C)cnn21. The molecule has 3 nitrogen and oxygen atoms in total. The van der Waals surface area contributed by atoms with Gasteiger partial charge in [0.25, 0.3) is 0 Å². The van der Waals surface area contributed by atoms with Gasteiger partial charge >= 0.3 is 0 Å². The van der Waals surface area contributed by atoms with E-state index >= 15 is 0 Å². The molecule has 1 aliphatic rings. The zero-order valence-electron chi connectivity index (χ0n) is 9.46. The van der Waals surface area contributed by atoms with Crippen molar-refractivity contribution in [2.45, 2.75) is 45.6 Å². The molecule has 14 heavy (non-hydrogen) atoms. The van der Waals surface area contributed by atoms with Crippen LogP contribution in [0.25, 0.3) is 0 Å². The first-order valence-electron chi connectivity index (χ1n) is 5.32. The second-order valence-corrected chi connectivity index (χ2v) is 5.17. The number of hydrogen-bond acceptors (Lipinski definition) is 2. The third-order valence-electron chi connectivity index (χ3n) is 2.88. The summed E-state index contributed by atoms with van der Waals surface area (Å²) in [5.41, 5.74) is 1.50. The Morgan fingerprint density at radius 3 is 2.86 bits per heavy atom. The number of rotatable bonds is 0. The average Bonchev–Trinajstić information content (AvgIpc) is 2.47. The van der Waals surface area contributed by atoms with E-state index in [1.165, 1.54) is 11.4 Å². The largest absolute Gasteiger partial charge is 0.370 e. The van der Waals surface area contributed by atoms with Crippen LogP contribution >= 0.6 is 0 Å². The summed E-state index contributed by atoms with van der Waals surface area (Å²) < 4.78 is 2.12. The van der Waals surface area contributed by atoms with Gasteiger partial charge in [0.15, 0.2) is 0 Å². The molecule has 1 aromatic heterocycles. The number of nitrogens with one attached hydrogen (secondary N) is 1. The van der Waals surface area contributed by atoms with Gasteiger partial charge in [0, 0.05) is 12.1 Å². The Hall–Kier alpha value is -0.990. The summed E-state index contributed by atoms with van der Waals surface area (Å²) in [6, 6.07) is 0.530. The van der Waals surface area contributed by atoms with Gasteiger partial charge in [-0.05, 0) is 18.8 Å². The Labute approximate surface area is 85.5 Å². The van der Waals surface area contributed by atoms with E-state index in [4.69, 9.17) is 0 Å². The minimum Gasteiger partial charge on any atom is -0.370 e. The first-order valence-corrected chi connectivity index (χ1v) is 5.32. The average molecular weight is 193 g/mol. The molecule has 78 valence electrons. The van der Waals surface area contributed by atoms with Crippen molar-refractivity contribution in [2.75, 3.05) is 11.9 Å². The van der Waals surface area contributed by atoms with Gasteiger partial charge in [-0.2, -0.15) is 5.10 Å². The maximum Gasteiger partial charge on any atom is 0.128 e. The minimum atomic E-state index is 0.178. The lowest BCUT2D eigenvalue weighted by Crippen LogP contribution is -2.24. The van der Waals surface area contributed by atoms with E-state index in [2.05, 4.69) is 42.8 Å². The van der Waals surface area contributed by atoms with Crippen LogP contribution in [0.3, 0.4) is 0 Å². The highest BCUT2D eigenvalue weighted by Gasteiger charge is 2.26. The lowest BCUT2D eigenvalue weighted by molar-refractivity contribution is 0.451. The maximum absolute atomic E-state index is 4.46. The highest BCUT2D eigenvalue weighted by Crippen LogP contribution is 2.33. The number of anilines is 1. The summed E-state index contributed by atoms with van der Waals surface area (Å²) in [7, 11) is 0. The van der Waals surface area contributed by atoms with Crippen LogP contribution in [0.15, 0.2) is 6.20 Å². The summed E-state index contributed by atoms with van der Waals surface area (Å²) in [6.07, 6.45) is 3.17.